The Balaban J connectivity index is 0.000000902. The van der Waals surface area contributed by atoms with Crippen molar-refractivity contribution in [3.8, 4) is 0 Å². The van der Waals surface area contributed by atoms with Crippen LogP contribution < -0.4 is 0 Å². The molecule has 0 saturated carbocycles. The Kier molecular flexibility index (Phi) is 6.57. The van der Waals surface area contributed by atoms with Crippen molar-refractivity contribution in [3.05, 3.63) is 56.2 Å². The molecule has 3 rings (SSSR count). The summed E-state index contributed by atoms with van der Waals surface area (Å²) in [7, 11) is -0.0536. The van der Waals surface area contributed by atoms with Crippen LogP contribution in [0.15, 0.2) is 56.2 Å². The molecule has 2 aliphatic carbocycles. The summed E-state index contributed by atoms with van der Waals surface area (Å²) in [5, 5.41) is 1.61. The SMILES string of the molecule is CC1=CC2=C[C](Br)([Zr][C]3=CC=CC3)P(C)C2=C1.Cl.Cl. The number of hydrogen-bond donors (Lipinski definition) is 0. The van der Waals surface area contributed by atoms with Gasteiger partial charge in [-0.15, -0.1) is 24.8 Å². The summed E-state index contributed by atoms with van der Waals surface area (Å²) >= 11 is 3.54. The first-order valence-corrected chi connectivity index (χ1v) is 10.8. The molecular weight excluding hydrogens is 441 g/mol. The molecule has 0 aromatic rings. The molecule has 0 amide bonds. The van der Waals surface area contributed by atoms with Crippen molar-refractivity contribution in [2.45, 2.75) is 15.1 Å². The number of fused-ring (bicyclic) bond motifs is 1. The summed E-state index contributed by atoms with van der Waals surface area (Å²) in [6.07, 6.45) is 15.3. The summed E-state index contributed by atoms with van der Waals surface area (Å²) in [6, 6.07) is 0. The average Bonchev–Trinajstić information content (AvgIpc) is 2.90. The minimum Gasteiger partial charge on any atom is -0.147 e. The fourth-order valence-corrected chi connectivity index (χ4v) is 12.1. The molecule has 0 fully saturated rings. The topological polar surface area (TPSA) is 0 Å². The molecule has 1 aliphatic heterocycles. The van der Waals surface area contributed by atoms with Crippen molar-refractivity contribution in [1.82, 2.24) is 0 Å². The molecule has 1 heterocycles. The van der Waals surface area contributed by atoms with Gasteiger partial charge in [0.1, 0.15) is 0 Å². The molecule has 102 valence electrons. The van der Waals surface area contributed by atoms with Gasteiger partial charge in [0.25, 0.3) is 0 Å². The molecule has 0 radical (unpaired) electrons. The maximum absolute atomic E-state index is 4.09. The molecule has 0 nitrogen and oxygen atoms in total. The number of alkyl halides is 1. The monoisotopic (exact) mass is 454 g/mol. The van der Waals surface area contributed by atoms with Crippen molar-refractivity contribution in [3.63, 3.8) is 0 Å². The second-order valence-electron chi connectivity index (χ2n) is 4.70. The van der Waals surface area contributed by atoms with Gasteiger partial charge in [-0.1, -0.05) is 0 Å². The number of allylic oxidation sites excluding steroid dienone is 10. The zero-order valence-electron chi connectivity index (χ0n) is 10.8. The maximum atomic E-state index is 4.09. The summed E-state index contributed by atoms with van der Waals surface area (Å²) in [5.41, 5.74) is 2.92. The minimum atomic E-state index is -0.549. The Morgan fingerprint density at radius 1 is 1.32 bits per heavy atom. The number of hydrogen-bond acceptors (Lipinski definition) is 0. The van der Waals surface area contributed by atoms with Crippen LogP contribution in [0.5, 0.6) is 0 Å². The molecule has 0 bridgehead atoms. The number of halogens is 3. The van der Waals surface area contributed by atoms with E-state index in [1.807, 2.05) is 0 Å². The third-order valence-corrected chi connectivity index (χ3v) is 14.6. The quantitative estimate of drug-likeness (QED) is 0.369. The van der Waals surface area contributed by atoms with Gasteiger partial charge in [0.05, 0.1) is 0 Å². The van der Waals surface area contributed by atoms with Crippen LogP contribution in [0, 0.1) is 0 Å². The van der Waals surface area contributed by atoms with Crippen LogP contribution in [0.25, 0.3) is 0 Å². The molecule has 5 heteroatoms. The Morgan fingerprint density at radius 3 is 2.63 bits per heavy atom. The van der Waals surface area contributed by atoms with Crippen molar-refractivity contribution in [1.29, 1.82) is 0 Å². The largest absolute Gasteiger partial charge is 0.147 e. The Labute approximate surface area is 148 Å². The zero-order valence-corrected chi connectivity index (χ0v) is 17.4. The third kappa shape index (κ3) is 3.46. The van der Waals surface area contributed by atoms with Crippen LogP contribution in [0.1, 0.15) is 13.3 Å². The van der Waals surface area contributed by atoms with E-state index in [2.05, 4.69) is 66.0 Å². The van der Waals surface area contributed by atoms with Gasteiger partial charge in [0.15, 0.2) is 0 Å². The Morgan fingerprint density at radius 2 is 2.05 bits per heavy atom. The van der Waals surface area contributed by atoms with Gasteiger partial charge in [-0.2, -0.15) is 0 Å². The van der Waals surface area contributed by atoms with Crippen LogP contribution in [0.2, 0.25) is 0 Å². The van der Waals surface area contributed by atoms with Crippen LogP contribution >= 0.6 is 48.7 Å². The van der Waals surface area contributed by atoms with E-state index in [9.17, 15) is 0 Å². The average molecular weight is 457 g/mol. The van der Waals surface area contributed by atoms with Gasteiger partial charge in [0, 0.05) is 0 Å². The molecule has 2 atom stereocenters. The van der Waals surface area contributed by atoms with Crippen molar-refractivity contribution >= 4 is 48.7 Å². The molecule has 0 aromatic carbocycles. The van der Waals surface area contributed by atoms with Gasteiger partial charge in [0.2, 0.25) is 0 Å². The van der Waals surface area contributed by atoms with Crippen LogP contribution in [-0.2, 0) is 23.2 Å². The fraction of sp³-hybridized carbons (Fsp3) is 0.286. The second-order valence-corrected chi connectivity index (χ2v) is 15.8. The van der Waals surface area contributed by atoms with Gasteiger partial charge in [-0.25, -0.2) is 0 Å². The van der Waals surface area contributed by atoms with Crippen LogP contribution in [0.3, 0.4) is 0 Å². The molecule has 0 spiro atoms. The zero-order chi connectivity index (χ0) is 12.0. The molecule has 2 unspecified atom stereocenters. The van der Waals surface area contributed by atoms with E-state index in [0.29, 0.717) is 1.77 Å². The standard InChI is InChI=1S/C9H9BrP.C5H5.2ClH.Zr/c1-6-3-7-5-9(10)11(2)8(7)4-6;1-2-4-5-3-1;;;/h3-5H,1-2H3;1-3H,4H2;2*1H;. The van der Waals surface area contributed by atoms with E-state index >= 15 is 0 Å². The van der Waals surface area contributed by atoms with Gasteiger partial charge >= 0.3 is 125 Å². The smallest absolute Gasteiger partial charge is 0.147 e. The first-order valence-electron chi connectivity index (χ1n) is 5.78. The van der Waals surface area contributed by atoms with Gasteiger partial charge < -0.3 is 0 Å². The van der Waals surface area contributed by atoms with Gasteiger partial charge in [-0.05, 0) is 0 Å². The summed E-state index contributed by atoms with van der Waals surface area (Å²) in [5.74, 6) is 0. The van der Waals surface area contributed by atoms with Crippen LogP contribution in [-0.4, -0.2) is 8.44 Å². The van der Waals surface area contributed by atoms with Crippen molar-refractivity contribution < 1.29 is 23.2 Å². The van der Waals surface area contributed by atoms with Gasteiger partial charge in [-0.3, -0.25) is 0 Å². The molecular formula is C14H16BrCl2PZr. The van der Waals surface area contributed by atoms with E-state index in [-0.39, 0.29) is 32.7 Å². The van der Waals surface area contributed by atoms with E-state index in [4.69, 9.17) is 0 Å². The maximum Gasteiger partial charge on any atom is -0.147 e. The Bertz CT molecular complexity index is 534. The molecule has 0 aromatic heterocycles. The second kappa shape index (κ2) is 6.89. The predicted molar refractivity (Wildman–Crippen MR) is 90.8 cm³/mol. The summed E-state index contributed by atoms with van der Waals surface area (Å²) in [4.78, 5) is 0. The van der Waals surface area contributed by atoms with E-state index < -0.39 is 23.2 Å². The molecule has 0 N–H and O–H groups in total. The first kappa shape index (κ1) is 18.1. The van der Waals surface area contributed by atoms with E-state index in [1.165, 1.54) is 17.6 Å². The predicted octanol–water partition coefficient (Wildman–Crippen LogP) is 5.70. The molecule has 19 heavy (non-hydrogen) atoms. The summed E-state index contributed by atoms with van der Waals surface area (Å²) < 4.78 is 2.08. The minimum absolute atomic E-state index is 0. The van der Waals surface area contributed by atoms with E-state index in [0.717, 1.165) is 0 Å². The molecule has 3 aliphatic rings. The van der Waals surface area contributed by atoms with Crippen LogP contribution in [0.4, 0.5) is 0 Å². The normalized spacial score (nSPS) is 30.6. The fourth-order valence-electron chi connectivity index (χ4n) is 2.43. The Hall–Kier alpha value is 1.07. The van der Waals surface area contributed by atoms with Crippen molar-refractivity contribution in [2.75, 3.05) is 6.66 Å². The number of rotatable bonds is 2. The third-order valence-electron chi connectivity index (χ3n) is 3.35. The van der Waals surface area contributed by atoms with Crippen molar-refractivity contribution in [2.24, 2.45) is 0 Å². The first-order chi connectivity index (χ1) is 8.08. The summed E-state index contributed by atoms with van der Waals surface area (Å²) in [6.45, 7) is 4.64. The molecule has 0 saturated heterocycles. The van der Waals surface area contributed by atoms with E-state index in [1.54, 1.807) is 8.60 Å².